The number of hydrogen-bond donors (Lipinski definition) is 2. The van der Waals surface area contributed by atoms with Gasteiger partial charge in [0.05, 0.1) is 6.42 Å². The predicted octanol–water partition coefficient (Wildman–Crippen LogP) is 2.71. The van der Waals surface area contributed by atoms with Crippen LogP contribution in [0, 0.1) is 0 Å². The molecule has 0 aliphatic carbocycles. The molecule has 1 atom stereocenters. The summed E-state index contributed by atoms with van der Waals surface area (Å²) in [6, 6.07) is 7.06. The van der Waals surface area contributed by atoms with Gasteiger partial charge < -0.3 is 10.8 Å². The van der Waals surface area contributed by atoms with Gasteiger partial charge in [-0.05, 0) is 49.6 Å². The highest BCUT2D eigenvalue weighted by Gasteiger charge is 2.37. The van der Waals surface area contributed by atoms with Gasteiger partial charge in [-0.2, -0.15) is 0 Å². The van der Waals surface area contributed by atoms with E-state index in [9.17, 15) is 14.7 Å². The molecule has 0 aromatic heterocycles. The van der Waals surface area contributed by atoms with Crippen LogP contribution in [0.5, 0.6) is 0 Å². The number of imide groups is 1. The summed E-state index contributed by atoms with van der Waals surface area (Å²) in [5.74, 6) is -0.780. The Morgan fingerprint density at radius 1 is 1.25 bits per heavy atom. The second-order valence-electron chi connectivity index (χ2n) is 5.94. The second kappa shape index (κ2) is 8.97. The number of unbranched alkanes of at least 4 members (excludes halogenated alkanes) is 3. The molecule has 1 heterocycles. The number of benzene rings is 1. The molecule has 1 fully saturated rings. The number of likely N-dealkylation sites (tertiary alicyclic amines) is 1. The van der Waals surface area contributed by atoms with Crippen LogP contribution in [0.15, 0.2) is 29.8 Å². The van der Waals surface area contributed by atoms with E-state index in [1.807, 2.05) is 6.07 Å². The summed E-state index contributed by atoms with van der Waals surface area (Å²) in [5, 5.41) is 10.8. The molecule has 0 spiro atoms. The number of aliphatic hydroxyl groups is 1. The van der Waals surface area contributed by atoms with Gasteiger partial charge in [-0.15, -0.1) is 0 Å². The topological polar surface area (TPSA) is 83.6 Å². The van der Waals surface area contributed by atoms with Gasteiger partial charge in [0.2, 0.25) is 5.91 Å². The van der Waals surface area contributed by atoms with Gasteiger partial charge in [-0.1, -0.05) is 36.6 Å². The standard InChI is InChI=1S/C18H23ClN2O3/c19-15-7-5-6-13(11-15)10-14-12-17(23)21(18(14)24)16(22)8-3-1-2-4-9-20/h5-7,10-11,16,22H,1-4,8-9,12,20H2/b14-10+. The lowest BCUT2D eigenvalue weighted by Crippen LogP contribution is -2.39. The van der Waals surface area contributed by atoms with E-state index in [4.69, 9.17) is 17.3 Å². The molecule has 1 saturated heterocycles. The number of halogens is 1. The zero-order chi connectivity index (χ0) is 17.5. The lowest BCUT2D eigenvalue weighted by molar-refractivity contribution is -0.148. The van der Waals surface area contributed by atoms with Crippen molar-refractivity contribution < 1.29 is 14.7 Å². The first-order valence-electron chi connectivity index (χ1n) is 8.23. The average molecular weight is 351 g/mol. The molecule has 5 nitrogen and oxygen atoms in total. The minimum Gasteiger partial charge on any atom is -0.373 e. The monoisotopic (exact) mass is 350 g/mol. The molecule has 2 amide bonds. The zero-order valence-corrected chi connectivity index (χ0v) is 14.3. The number of nitrogens with two attached hydrogens (primary N) is 1. The molecule has 1 aromatic carbocycles. The van der Waals surface area contributed by atoms with Gasteiger partial charge in [0.15, 0.2) is 0 Å². The maximum absolute atomic E-state index is 12.4. The summed E-state index contributed by atoms with van der Waals surface area (Å²) >= 11 is 5.93. The van der Waals surface area contributed by atoms with E-state index in [1.54, 1.807) is 24.3 Å². The van der Waals surface area contributed by atoms with Crippen molar-refractivity contribution in [2.24, 2.45) is 5.73 Å². The van der Waals surface area contributed by atoms with Gasteiger partial charge in [0.25, 0.3) is 5.91 Å². The van der Waals surface area contributed by atoms with Crippen molar-refractivity contribution in [3.63, 3.8) is 0 Å². The molecule has 6 heteroatoms. The first-order chi connectivity index (χ1) is 11.5. The summed E-state index contributed by atoms with van der Waals surface area (Å²) in [7, 11) is 0. The molecular weight excluding hydrogens is 328 g/mol. The molecule has 0 bridgehead atoms. The summed E-state index contributed by atoms with van der Waals surface area (Å²) in [5.41, 5.74) is 6.57. The highest BCUT2D eigenvalue weighted by molar-refractivity contribution is 6.30. The molecule has 0 saturated carbocycles. The van der Waals surface area contributed by atoms with Gasteiger partial charge in [-0.25, -0.2) is 0 Å². The summed E-state index contributed by atoms with van der Waals surface area (Å²) in [6.45, 7) is 0.656. The maximum atomic E-state index is 12.4. The summed E-state index contributed by atoms with van der Waals surface area (Å²) < 4.78 is 0. The van der Waals surface area contributed by atoms with Crippen LogP contribution >= 0.6 is 11.6 Å². The largest absolute Gasteiger partial charge is 0.373 e. The van der Waals surface area contributed by atoms with Crippen molar-refractivity contribution in [2.75, 3.05) is 6.54 Å². The SMILES string of the molecule is NCCCCCCC(O)N1C(=O)C/C(=C\c2cccc(Cl)c2)C1=O. The molecule has 1 aromatic rings. The number of carbonyl (C=O) groups is 2. The Hall–Kier alpha value is -1.69. The van der Waals surface area contributed by atoms with Crippen LogP contribution in [0.1, 0.15) is 44.1 Å². The quantitative estimate of drug-likeness (QED) is 0.429. The molecule has 1 aliphatic heterocycles. The molecule has 1 unspecified atom stereocenters. The Morgan fingerprint density at radius 3 is 2.71 bits per heavy atom. The Bertz CT molecular complexity index is 630. The Kier molecular flexibility index (Phi) is 6.97. The molecule has 0 radical (unpaired) electrons. The van der Waals surface area contributed by atoms with E-state index in [-0.39, 0.29) is 12.3 Å². The van der Waals surface area contributed by atoms with Gasteiger partial charge in [0, 0.05) is 10.6 Å². The van der Waals surface area contributed by atoms with Crippen molar-refractivity contribution in [2.45, 2.75) is 44.8 Å². The van der Waals surface area contributed by atoms with E-state index >= 15 is 0 Å². The smallest absolute Gasteiger partial charge is 0.259 e. The van der Waals surface area contributed by atoms with Crippen molar-refractivity contribution >= 4 is 29.5 Å². The highest BCUT2D eigenvalue weighted by Crippen LogP contribution is 2.25. The average Bonchev–Trinajstić information content (AvgIpc) is 2.81. The van der Waals surface area contributed by atoms with E-state index in [1.165, 1.54) is 0 Å². The molecular formula is C18H23ClN2O3. The second-order valence-corrected chi connectivity index (χ2v) is 6.38. The molecule has 130 valence electrons. The Balaban J connectivity index is 1.98. The number of hydrogen-bond acceptors (Lipinski definition) is 4. The van der Waals surface area contributed by atoms with E-state index in [0.717, 1.165) is 36.1 Å². The Labute approximate surface area is 147 Å². The van der Waals surface area contributed by atoms with Crippen LogP contribution in [0.2, 0.25) is 5.02 Å². The molecule has 24 heavy (non-hydrogen) atoms. The number of nitrogens with zero attached hydrogens (tertiary/aromatic N) is 1. The zero-order valence-electron chi connectivity index (χ0n) is 13.6. The fourth-order valence-electron chi connectivity index (χ4n) is 2.76. The lowest BCUT2D eigenvalue weighted by Gasteiger charge is -2.20. The van der Waals surface area contributed by atoms with Gasteiger partial charge >= 0.3 is 0 Å². The first-order valence-corrected chi connectivity index (χ1v) is 8.61. The highest BCUT2D eigenvalue weighted by atomic mass is 35.5. The van der Waals surface area contributed by atoms with E-state index in [0.29, 0.717) is 23.6 Å². The number of rotatable bonds is 8. The van der Waals surface area contributed by atoms with Crippen LogP contribution in [-0.4, -0.2) is 34.6 Å². The van der Waals surface area contributed by atoms with Crippen LogP contribution < -0.4 is 5.73 Å². The third kappa shape index (κ3) is 4.90. The Morgan fingerprint density at radius 2 is 2.00 bits per heavy atom. The predicted molar refractivity (Wildman–Crippen MR) is 94.0 cm³/mol. The van der Waals surface area contributed by atoms with Crippen LogP contribution in [0.25, 0.3) is 6.08 Å². The van der Waals surface area contributed by atoms with Crippen LogP contribution in [0.4, 0.5) is 0 Å². The van der Waals surface area contributed by atoms with Gasteiger partial charge in [0.1, 0.15) is 6.23 Å². The van der Waals surface area contributed by atoms with Crippen molar-refractivity contribution in [3.8, 4) is 0 Å². The van der Waals surface area contributed by atoms with Crippen molar-refractivity contribution in [1.82, 2.24) is 4.90 Å². The van der Waals surface area contributed by atoms with Crippen molar-refractivity contribution in [1.29, 1.82) is 0 Å². The summed E-state index contributed by atoms with van der Waals surface area (Å²) in [4.78, 5) is 25.5. The minimum absolute atomic E-state index is 0.00950. The summed E-state index contributed by atoms with van der Waals surface area (Å²) in [6.07, 6.45) is 4.62. The third-order valence-electron chi connectivity index (χ3n) is 4.01. The fourth-order valence-corrected chi connectivity index (χ4v) is 2.96. The first kappa shape index (κ1) is 18.6. The van der Waals surface area contributed by atoms with Gasteiger partial charge in [-0.3, -0.25) is 14.5 Å². The van der Waals surface area contributed by atoms with Crippen LogP contribution in [0.3, 0.4) is 0 Å². The molecule has 3 N–H and O–H groups in total. The molecule has 2 rings (SSSR count). The fraction of sp³-hybridized carbons (Fsp3) is 0.444. The molecule has 1 aliphatic rings. The number of amides is 2. The maximum Gasteiger partial charge on any atom is 0.259 e. The van der Waals surface area contributed by atoms with E-state index in [2.05, 4.69) is 0 Å². The van der Waals surface area contributed by atoms with E-state index < -0.39 is 12.1 Å². The minimum atomic E-state index is -1.06. The van der Waals surface area contributed by atoms with Crippen molar-refractivity contribution in [3.05, 3.63) is 40.4 Å². The number of aliphatic hydroxyl groups excluding tert-OH is 1. The third-order valence-corrected chi connectivity index (χ3v) is 4.24. The lowest BCUT2D eigenvalue weighted by atomic mass is 10.1. The number of carbonyl (C=O) groups excluding carboxylic acids is 2. The normalized spacial score (nSPS) is 17.8. The van der Waals surface area contributed by atoms with Crippen LogP contribution in [-0.2, 0) is 9.59 Å².